The summed E-state index contributed by atoms with van der Waals surface area (Å²) in [5.41, 5.74) is 4.95. The molecule has 5 rings (SSSR count). The van der Waals surface area contributed by atoms with E-state index in [-0.39, 0.29) is 11.7 Å². The zero-order valence-corrected chi connectivity index (χ0v) is 17.3. The first-order valence-corrected chi connectivity index (χ1v) is 10.7. The van der Waals surface area contributed by atoms with Crippen LogP contribution in [-0.2, 0) is 6.42 Å². The molecule has 1 amide bonds. The average molecular weight is 419 g/mol. The molecule has 0 saturated carbocycles. The lowest BCUT2D eigenvalue weighted by Gasteiger charge is -2.27. The van der Waals surface area contributed by atoms with E-state index in [0.717, 1.165) is 67.8 Å². The zero-order valence-electron chi connectivity index (χ0n) is 17.3. The van der Waals surface area contributed by atoms with Crippen LogP contribution in [0.4, 0.5) is 11.4 Å². The highest BCUT2D eigenvalue weighted by Crippen LogP contribution is 2.34. The number of fused-ring (bicyclic) bond motifs is 2. The number of aryl methyl sites for hydroxylation is 1. The largest absolute Gasteiger partial charge is 0.447 e. The summed E-state index contributed by atoms with van der Waals surface area (Å²) in [6.45, 7) is 5.34. The molecule has 0 atom stereocenters. The molecule has 3 aromatic rings. The van der Waals surface area contributed by atoms with E-state index in [4.69, 9.17) is 9.83 Å². The topological polar surface area (TPSA) is 106 Å². The van der Waals surface area contributed by atoms with E-state index in [0.29, 0.717) is 23.5 Å². The monoisotopic (exact) mass is 418 g/mol. The van der Waals surface area contributed by atoms with Crippen molar-refractivity contribution in [1.29, 1.82) is 5.41 Å². The lowest BCUT2D eigenvalue weighted by Crippen LogP contribution is -2.46. The average Bonchev–Trinajstić information content (AvgIpc) is 3.35. The smallest absolute Gasteiger partial charge is 0.289 e. The van der Waals surface area contributed by atoms with Crippen molar-refractivity contribution in [3.05, 3.63) is 53.5 Å². The maximum Gasteiger partial charge on any atom is 0.289 e. The number of carbonyl (C=O) groups is 1. The predicted molar refractivity (Wildman–Crippen MR) is 121 cm³/mol. The highest BCUT2D eigenvalue weighted by atomic mass is 16.3. The number of furan rings is 1. The van der Waals surface area contributed by atoms with Crippen LogP contribution in [-0.4, -0.2) is 60.8 Å². The summed E-state index contributed by atoms with van der Waals surface area (Å²) in [4.78, 5) is 19.4. The normalized spacial score (nSPS) is 16.5. The van der Waals surface area contributed by atoms with Crippen LogP contribution in [0.5, 0.6) is 0 Å². The molecule has 0 radical (unpaired) electrons. The number of benzene rings is 1. The molecule has 2 aromatic heterocycles. The molecule has 1 aliphatic carbocycles. The van der Waals surface area contributed by atoms with Crippen LogP contribution in [0.3, 0.4) is 0 Å². The number of amides is 1. The number of nitrogens with one attached hydrogen (secondary N) is 4. The summed E-state index contributed by atoms with van der Waals surface area (Å²) >= 11 is 0. The van der Waals surface area contributed by atoms with E-state index >= 15 is 0 Å². The molecule has 1 aromatic carbocycles. The van der Waals surface area contributed by atoms with Gasteiger partial charge < -0.3 is 25.8 Å². The van der Waals surface area contributed by atoms with E-state index in [2.05, 4.69) is 31.9 Å². The lowest BCUT2D eigenvalue weighted by molar-refractivity contribution is 0.0923. The lowest BCUT2D eigenvalue weighted by atomic mass is 10.1. The molecule has 8 heteroatoms. The van der Waals surface area contributed by atoms with Gasteiger partial charge in [-0.1, -0.05) is 6.07 Å². The summed E-state index contributed by atoms with van der Waals surface area (Å²) in [7, 11) is 0. The van der Waals surface area contributed by atoms with Gasteiger partial charge in [-0.05, 0) is 42.2 Å². The van der Waals surface area contributed by atoms with Gasteiger partial charge in [0.05, 0.1) is 11.9 Å². The van der Waals surface area contributed by atoms with Gasteiger partial charge in [-0.15, -0.1) is 0 Å². The fraction of sp³-hybridized carbons (Fsp3) is 0.348. The van der Waals surface area contributed by atoms with Crippen molar-refractivity contribution in [2.75, 3.05) is 44.6 Å². The van der Waals surface area contributed by atoms with Gasteiger partial charge in [0, 0.05) is 62.3 Å². The zero-order chi connectivity index (χ0) is 21.2. The molecule has 0 spiro atoms. The molecule has 160 valence electrons. The van der Waals surface area contributed by atoms with Crippen molar-refractivity contribution in [3.8, 4) is 0 Å². The third-order valence-electron chi connectivity index (χ3n) is 5.97. The first-order valence-electron chi connectivity index (χ1n) is 10.7. The van der Waals surface area contributed by atoms with Crippen LogP contribution >= 0.6 is 0 Å². The Balaban J connectivity index is 1.36. The molecule has 2 aliphatic rings. The molecule has 31 heavy (non-hydrogen) atoms. The van der Waals surface area contributed by atoms with Crippen LogP contribution in [0, 0.1) is 5.41 Å². The Morgan fingerprint density at radius 3 is 2.97 bits per heavy atom. The van der Waals surface area contributed by atoms with E-state index < -0.39 is 0 Å². The molecule has 3 heterocycles. The minimum absolute atomic E-state index is 0.239. The minimum Gasteiger partial charge on any atom is -0.447 e. The molecule has 8 nitrogen and oxygen atoms in total. The van der Waals surface area contributed by atoms with Gasteiger partial charge in [0.2, 0.25) is 5.76 Å². The van der Waals surface area contributed by atoms with Gasteiger partial charge in [-0.2, -0.15) is 0 Å². The number of hydrogen-bond donors (Lipinski definition) is 4. The molecule has 0 bridgehead atoms. The first-order chi connectivity index (χ1) is 15.2. The Morgan fingerprint density at radius 2 is 2.10 bits per heavy atom. The van der Waals surface area contributed by atoms with Crippen LogP contribution in [0.25, 0.3) is 11.0 Å². The third kappa shape index (κ3) is 4.04. The van der Waals surface area contributed by atoms with Gasteiger partial charge >= 0.3 is 0 Å². The molecule has 1 aliphatic heterocycles. The number of carbonyl (C=O) groups excluding carboxylic acids is 1. The second kappa shape index (κ2) is 8.49. The Morgan fingerprint density at radius 1 is 1.23 bits per heavy atom. The maximum absolute atomic E-state index is 13.0. The summed E-state index contributed by atoms with van der Waals surface area (Å²) in [6.07, 6.45) is 4.97. The summed E-state index contributed by atoms with van der Waals surface area (Å²) in [5.74, 6) is 0.0216. The second-order valence-electron chi connectivity index (χ2n) is 8.00. The second-order valence-corrected chi connectivity index (χ2v) is 8.00. The number of pyridine rings is 1. The Kier molecular flexibility index (Phi) is 5.40. The van der Waals surface area contributed by atoms with Crippen molar-refractivity contribution in [1.82, 2.24) is 20.5 Å². The number of hydrogen-bond acceptors (Lipinski definition) is 7. The first kappa shape index (κ1) is 19.7. The fourth-order valence-electron chi connectivity index (χ4n) is 4.29. The van der Waals surface area contributed by atoms with E-state index in [1.807, 2.05) is 18.2 Å². The van der Waals surface area contributed by atoms with Gasteiger partial charge in [-0.3, -0.25) is 14.7 Å². The highest BCUT2D eigenvalue weighted by molar-refractivity contribution is 6.07. The Labute approximate surface area is 180 Å². The number of nitrogens with zero attached hydrogens (tertiary/aromatic N) is 2. The Hall–Kier alpha value is -3.23. The van der Waals surface area contributed by atoms with Crippen LogP contribution in [0.1, 0.15) is 28.1 Å². The fourth-order valence-corrected chi connectivity index (χ4v) is 4.29. The third-order valence-corrected chi connectivity index (χ3v) is 5.97. The van der Waals surface area contributed by atoms with Crippen molar-refractivity contribution in [2.24, 2.45) is 0 Å². The van der Waals surface area contributed by atoms with Crippen LogP contribution in [0.2, 0.25) is 0 Å². The van der Waals surface area contributed by atoms with E-state index in [1.165, 1.54) is 0 Å². The molecule has 4 N–H and O–H groups in total. The summed E-state index contributed by atoms with van der Waals surface area (Å²) in [5, 5.41) is 18.6. The van der Waals surface area contributed by atoms with Crippen molar-refractivity contribution < 1.29 is 9.21 Å². The summed E-state index contributed by atoms with van der Waals surface area (Å²) in [6, 6.07) is 7.83. The van der Waals surface area contributed by atoms with Crippen molar-refractivity contribution >= 4 is 34.0 Å². The van der Waals surface area contributed by atoms with Gasteiger partial charge in [-0.25, -0.2) is 0 Å². The van der Waals surface area contributed by atoms with E-state index in [1.54, 1.807) is 12.4 Å². The van der Waals surface area contributed by atoms with Gasteiger partial charge in [0.15, 0.2) is 5.58 Å². The molecular formula is C23H26N6O2. The minimum atomic E-state index is -0.239. The van der Waals surface area contributed by atoms with Gasteiger partial charge in [0.25, 0.3) is 5.91 Å². The predicted octanol–water partition coefficient (Wildman–Crippen LogP) is 2.52. The molecule has 1 saturated heterocycles. The standard InChI is InChI=1S/C23H26N6O2/c24-19-4-1-15-13-16(2-3-17(15)19)28-21-18-5-6-26-14-20(18)31-22(21)23(30)27-9-12-29-10-7-25-8-11-29/h2-3,5-6,13-14,24-25,28H,1,4,7-12H2,(H,27,30). The summed E-state index contributed by atoms with van der Waals surface area (Å²) < 4.78 is 5.89. The molecule has 0 unspecified atom stereocenters. The number of anilines is 2. The van der Waals surface area contributed by atoms with E-state index in [9.17, 15) is 4.79 Å². The number of piperazine rings is 1. The SMILES string of the molecule is N=C1CCc2cc(Nc3c(C(=O)NCCN4CCNCC4)oc4cnccc34)ccc21. The highest BCUT2D eigenvalue weighted by Gasteiger charge is 2.22. The van der Waals surface area contributed by atoms with Gasteiger partial charge in [0.1, 0.15) is 0 Å². The Bertz CT molecular complexity index is 1130. The van der Waals surface area contributed by atoms with Crippen molar-refractivity contribution in [3.63, 3.8) is 0 Å². The maximum atomic E-state index is 13.0. The molecular weight excluding hydrogens is 392 g/mol. The van der Waals surface area contributed by atoms with Crippen LogP contribution < -0.4 is 16.0 Å². The number of rotatable bonds is 6. The quantitative estimate of drug-likeness (QED) is 0.490. The number of aromatic nitrogens is 1. The van der Waals surface area contributed by atoms with Crippen molar-refractivity contribution in [2.45, 2.75) is 12.8 Å². The molecule has 1 fully saturated rings. The van der Waals surface area contributed by atoms with Crippen LogP contribution in [0.15, 0.2) is 41.1 Å².